The Labute approximate surface area is 140 Å². The normalized spacial score (nSPS) is 14.0. The van der Waals surface area contributed by atoms with E-state index in [1.165, 1.54) is 5.69 Å². The summed E-state index contributed by atoms with van der Waals surface area (Å²) in [4.78, 5) is 4.86. The van der Waals surface area contributed by atoms with Crippen LogP contribution in [0.25, 0.3) is 0 Å². The molecule has 0 bridgehead atoms. The Morgan fingerprint density at radius 2 is 1.78 bits per heavy atom. The molecule has 0 radical (unpaired) electrons. The van der Waals surface area contributed by atoms with Gasteiger partial charge in [0.05, 0.1) is 11.4 Å². The molecule has 0 saturated heterocycles. The van der Waals surface area contributed by atoms with Gasteiger partial charge < -0.3 is 4.57 Å². The smallest absolute Gasteiger partial charge is 0.111 e. The third kappa shape index (κ3) is 3.85. The molecule has 0 aromatic carbocycles. The van der Waals surface area contributed by atoms with E-state index in [-0.39, 0.29) is 5.41 Å². The molecule has 0 spiro atoms. The first-order chi connectivity index (χ1) is 10.6. The minimum absolute atomic E-state index is 0.0368. The van der Waals surface area contributed by atoms with E-state index in [0.717, 1.165) is 17.9 Å². The monoisotopic (exact) mass is 316 g/mol. The number of rotatable bonds is 6. The molecule has 0 N–H and O–H groups in total. The number of hydrogen-bond acceptors (Lipinski definition) is 2. The van der Waals surface area contributed by atoms with Crippen LogP contribution in [0.4, 0.5) is 0 Å². The molecular formula is C19H32N4. The van der Waals surface area contributed by atoms with Crippen LogP contribution in [-0.4, -0.2) is 19.3 Å². The minimum atomic E-state index is 0.0368. The molecule has 128 valence electrons. The lowest BCUT2D eigenvalue weighted by molar-refractivity contribution is 0.411. The molecule has 0 amide bonds. The van der Waals surface area contributed by atoms with Gasteiger partial charge in [0.25, 0.3) is 0 Å². The average Bonchev–Trinajstić information content (AvgIpc) is 3.04. The predicted molar refractivity (Wildman–Crippen MR) is 96.0 cm³/mol. The van der Waals surface area contributed by atoms with Crippen molar-refractivity contribution in [2.24, 2.45) is 7.05 Å². The van der Waals surface area contributed by atoms with Crippen molar-refractivity contribution in [2.75, 3.05) is 0 Å². The number of imidazole rings is 1. The van der Waals surface area contributed by atoms with Crippen molar-refractivity contribution in [1.29, 1.82) is 0 Å². The summed E-state index contributed by atoms with van der Waals surface area (Å²) < 4.78 is 4.20. The Hall–Kier alpha value is -1.58. The molecule has 0 aliphatic carbocycles. The second-order valence-electron chi connectivity index (χ2n) is 8.05. The van der Waals surface area contributed by atoms with Crippen molar-refractivity contribution in [3.8, 4) is 0 Å². The van der Waals surface area contributed by atoms with Crippen molar-refractivity contribution < 1.29 is 0 Å². The van der Waals surface area contributed by atoms with Gasteiger partial charge in [0, 0.05) is 42.7 Å². The van der Waals surface area contributed by atoms with Crippen LogP contribution in [0.1, 0.15) is 90.0 Å². The fraction of sp³-hybridized carbons (Fsp3) is 0.684. The summed E-state index contributed by atoms with van der Waals surface area (Å²) in [5.41, 5.74) is 2.39. The fourth-order valence-corrected chi connectivity index (χ4v) is 3.24. The first kappa shape index (κ1) is 17.8. The zero-order valence-electron chi connectivity index (χ0n) is 16.0. The second kappa shape index (κ2) is 6.50. The highest BCUT2D eigenvalue weighted by atomic mass is 15.3. The van der Waals surface area contributed by atoms with Gasteiger partial charge in [-0.25, -0.2) is 4.98 Å². The third-order valence-electron chi connectivity index (χ3n) is 4.60. The summed E-state index contributed by atoms with van der Waals surface area (Å²) in [5.74, 6) is 2.03. The van der Waals surface area contributed by atoms with Crippen molar-refractivity contribution in [3.05, 3.63) is 35.7 Å². The molecule has 2 aromatic heterocycles. The van der Waals surface area contributed by atoms with Crippen LogP contribution in [0.3, 0.4) is 0 Å². The first-order valence-corrected chi connectivity index (χ1v) is 8.70. The number of aryl methyl sites for hydroxylation is 1. The molecule has 4 nitrogen and oxygen atoms in total. The number of hydrogen-bond donors (Lipinski definition) is 0. The summed E-state index contributed by atoms with van der Waals surface area (Å²) in [6, 6.07) is 2.56. The van der Waals surface area contributed by atoms with Gasteiger partial charge in [0.15, 0.2) is 0 Å². The lowest BCUT2D eigenvalue weighted by atomic mass is 9.80. The molecule has 4 heteroatoms. The molecule has 0 aliphatic rings. The lowest BCUT2D eigenvalue weighted by Crippen LogP contribution is -2.21. The zero-order chi connectivity index (χ0) is 17.4. The largest absolute Gasteiger partial charge is 0.337 e. The van der Waals surface area contributed by atoms with E-state index in [0.29, 0.717) is 17.9 Å². The number of aromatic nitrogens is 4. The van der Waals surface area contributed by atoms with Crippen LogP contribution in [0.2, 0.25) is 0 Å². The topological polar surface area (TPSA) is 35.6 Å². The van der Waals surface area contributed by atoms with Crippen LogP contribution in [0.15, 0.2) is 18.5 Å². The van der Waals surface area contributed by atoms with Gasteiger partial charge in [-0.05, 0) is 26.3 Å². The van der Waals surface area contributed by atoms with E-state index in [2.05, 4.69) is 78.5 Å². The van der Waals surface area contributed by atoms with E-state index in [4.69, 9.17) is 10.1 Å². The molecule has 0 saturated carbocycles. The van der Waals surface area contributed by atoms with Crippen molar-refractivity contribution in [1.82, 2.24) is 19.3 Å². The van der Waals surface area contributed by atoms with E-state index in [9.17, 15) is 0 Å². The van der Waals surface area contributed by atoms with Crippen LogP contribution in [-0.2, 0) is 12.5 Å². The fourth-order valence-electron chi connectivity index (χ4n) is 3.24. The summed E-state index contributed by atoms with van der Waals surface area (Å²) >= 11 is 0. The molecule has 2 aromatic rings. The van der Waals surface area contributed by atoms with E-state index < -0.39 is 0 Å². The molecule has 2 rings (SSSR count). The molecule has 23 heavy (non-hydrogen) atoms. The molecule has 2 heterocycles. The molecule has 1 unspecified atom stereocenters. The Bertz CT molecular complexity index is 646. The van der Waals surface area contributed by atoms with Gasteiger partial charge in [-0.2, -0.15) is 5.10 Å². The number of nitrogens with zero attached hydrogens (tertiary/aromatic N) is 4. The second-order valence-corrected chi connectivity index (χ2v) is 8.05. The maximum absolute atomic E-state index is 4.86. The lowest BCUT2D eigenvalue weighted by Gasteiger charge is -2.25. The standard InChI is InChI=1S/C19H32N4/c1-13(2)18-20-16(12-22(18)8)15(5)11-19(6,7)17-9-10-23(21-17)14(3)4/h9-10,12-15H,11H2,1-8H3. The highest BCUT2D eigenvalue weighted by Gasteiger charge is 2.28. The Morgan fingerprint density at radius 1 is 1.13 bits per heavy atom. The molecule has 0 fully saturated rings. The van der Waals surface area contributed by atoms with E-state index in [1.807, 2.05) is 4.68 Å². The summed E-state index contributed by atoms with van der Waals surface area (Å²) in [7, 11) is 2.09. The molecule has 1 atom stereocenters. The highest BCUT2D eigenvalue weighted by molar-refractivity contribution is 5.17. The third-order valence-corrected chi connectivity index (χ3v) is 4.60. The minimum Gasteiger partial charge on any atom is -0.337 e. The zero-order valence-corrected chi connectivity index (χ0v) is 16.0. The van der Waals surface area contributed by atoms with E-state index >= 15 is 0 Å². The first-order valence-electron chi connectivity index (χ1n) is 8.70. The maximum Gasteiger partial charge on any atom is 0.111 e. The Morgan fingerprint density at radius 3 is 2.26 bits per heavy atom. The van der Waals surface area contributed by atoms with Crippen LogP contribution in [0.5, 0.6) is 0 Å². The van der Waals surface area contributed by atoms with E-state index in [1.54, 1.807) is 0 Å². The molecule has 0 aliphatic heterocycles. The van der Waals surface area contributed by atoms with Crippen molar-refractivity contribution >= 4 is 0 Å². The summed E-state index contributed by atoms with van der Waals surface area (Å²) in [6.45, 7) is 15.5. The van der Waals surface area contributed by atoms with Gasteiger partial charge in [-0.3, -0.25) is 4.68 Å². The SMILES string of the molecule is CC(C)c1nc(C(C)CC(C)(C)c2ccn(C(C)C)n2)cn1C. The van der Waals surface area contributed by atoms with Crippen LogP contribution >= 0.6 is 0 Å². The summed E-state index contributed by atoms with van der Waals surface area (Å²) in [6.07, 6.45) is 5.31. The van der Waals surface area contributed by atoms with Crippen molar-refractivity contribution in [3.63, 3.8) is 0 Å². The Balaban J connectivity index is 2.17. The maximum atomic E-state index is 4.86. The average molecular weight is 316 g/mol. The van der Waals surface area contributed by atoms with Gasteiger partial charge in [0.2, 0.25) is 0 Å². The Kier molecular flexibility index (Phi) is 5.02. The summed E-state index contributed by atoms with van der Waals surface area (Å²) in [5, 5.41) is 4.77. The van der Waals surface area contributed by atoms with Gasteiger partial charge >= 0.3 is 0 Å². The van der Waals surface area contributed by atoms with Gasteiger partial charge in [-0.1, -0.05) is 34.6 Å². The quantitative estimate of drug-likeness (QED) is 0.768. The van der Waals surface area contributed by atoms with Gasteiger partial charge in [0.1, 0.15) is 5.82 Å². The highest BCUT2D eigenvalue weighted by Crippen LogP contribution is 2.34. The van der Waals surface area contributed by atoms with Crippen LogP contribution in [0, 0.1) is 0 Å². The predicted octanol–water partition coefficient (Wildman–Crippen LogP) is 4.79. The van der Waals surface area contributed by atoms with Crippen LogP contribution < -0.4 is 0 Å². The molecular weight excluding hydrogens is 284 g/mol. The van der Waals surface area contributed by atoms with Crippen molar-refractivity contribution in [2.45, 2.75) is 78.2 Å². The van der Waals surface area contributed by atoms with Gasteiger partial charge in [-0.15, -0.1) is 0 Å².